The highest BCUT2D eigenvalue weighted by Crippen LogP contribution is 2.27. The second-order valence-electron chi connectivity index (χ2n) is 5.71. The summed E-state index contributed by atoms with van der Waals surface area (Å²) in [6.45, 7) is 3.91. The summed E-state index contributed by atoms with van der Waals surface area (Å²) >= 11 is 0. The lowest BCUT2D eigenvalue weighted by molar-refractivity contribution is -0.109. The first-order valence-electron chi connectivity index (χ1n) is 8.02. The van der Waals surface area contributed by atoms with Crippen molar-refractivity contribution in [3.05, 3.63) is 39.7 Å². The van der Waals surface area contributed by atoms with Crippen molar-refractivity contribution in [3.63, 3.8) is 0 Å². The van der Waals surface area contributed by atoms with Crippen LogP contribution < -0.4 is 16.1 Å². The van der Waals surface area contributed by atoms with E-state index in [0.717, 1.165) is 12.3 Å². The predicted molar refractivity (Wildman–Crippen MR) is 92.8 cm³/mol. The molecule has 1 unspecified atom stereocenters. The van der Waals surface area contributed by atoms with Gasteiger partial charge in [-0.05, 0) is 19.9 Å². The minimum Gasteiger partial charge on any atom is -0.477 e. The maximum atomic E-state index is 14.9. The van der Waals surface area contributed by atoms with Gasteiger partial charge in [-0.2, -0.15) is 0 Å². The van der Waals surface area contributed by atoms with Crippen LogP contribution >= 0.6 is 0 Å². The summed E-state index contributed by atoms with van der Waals surface area (Å²) in [5, 5.41) is 14.2. The van der Waals surface area contributed by atoms with Gasteiger partial charge < -0.3 is 25.1 Å². The monoisotopic (exact) mass is 367 g/mol. The summed E-state index contributed by atoms with van der Waals surface area (Å²) in [4.78, 5) is 33.9. The Bertz CT molecular complexity index is 911. The van der Waals surface area contributed by atoms with Gasteiger partial charge in [0.2, 0.25) is 5.43 Å². The van der Waals surface area contributed by atoms with Gasteiger partial charge in [-0.15, -0.1) is 0 Å². The number of aromatic nitrogens is 1. The number of pyridine rings is 1. The van der Waals surface area contributed by atoms with Crippen LogP contribution in [0.25, 0.3) is 10.9 Å². The highest BCUT2D eigenvalue weighted by Gasteiger charge is 2.21. The molecule has 0 aliphatic rings. The molecule has 2 rings (SSSR count). The number of aryl methyl sites for hydroxylation is 1. The van der Waals surface area contributed by atoms with Crippen LogP contribution in [0.3, 0.4) is 0 Å². The van der Waals surface area contributed by atoms with Crippen molar-refractivity contribution in [1.82, 2.24) is 9.88 Å². The lowest BCUT2D eigenvalue weighted by Crippen LogP contribution is -2.32. The molecule has 0 radical (unpaired) electrons. The zero-order valence-electron chi connectivity index (χ0n) is 14.3. The number of halogens is 2. The Balaban J connectivity index is 2.48. The molecule has 0 spiro atoms. The summed E-state index contributed by atoms with van der Waals surface area (Å²) in [6.07, 6.45) is 1.75. The molecule has 26 heavy (non-hydrogen) atoms. The molecule has 140 valence electrons. The number of hydrogen-bond donors (Lipinski definition) is 3. The first-order valence-corrected chi connectivity index (χ1v) is 8.02. The van der Waals surface area contributed by atoms with Gasteiger partial charge in [0.05, 0.1) is 16.9 Å². The number of anilines is 1. The molecule has 0 fully saturated rings. The largest absolute Gasteiger partial charge is 0.477 e. The van der Waals surface area contributed by atoms with Crippen LogP contribution in [0.15, 0.2) is 17.1 Å². The third-order valence-corrected chi connectivity index (χ3v) is 3.92. The van der Waals surface area contributed by atoms with Crippen LogP contribution in [0, 0.1) is 11.6 Å². The van der Waals surface area contributed by atoms with Gasteiger partial charge >= 0.3 is 5.97 Å². The normalized spacial score (nSPS) is 12.2. The van der Waals surface area contributed by atoms with Crippen molar-refractivity contribution in [2.45, 2.75) is 26.4 Å². The number of aromatic carboxylic acids is 1. The number of fused-ring (bicyclic) bond motifs is 1. The van der Waals surface area contributed by atoms with E-state index in [4.69, 9.17) is 5.11 Å². The summed E-state index contributed by atoms with van der Waals surface area (Å²) in [6, 6.07) is 0.450. The van der Waals surface area contributed by atoms with E-state index in [0.29, 0.717) is 6.29 Å². The van der Waals surface area contributed by atoms with E-state index in [2.05, 4.69) is 10.6 Å². The Kier molecular flexibility index (Phi) is 6.04. The molecular formula is C17H19F2N3O4. The SMILES string of the molecule is CCn1cc(C(=O)O)c(=O)c2cc(F)c(NCCNC(C)C=O)c(F)c21. The fraction of sp³-hybridized carbons (Fsp3) is 0.353. The van der Waals surface area contributed by atoms with Crippen LogP contribution in [0.1, 0.15) is 24.2 Å². The van der Waals surface area contributed by atoms with Gasteiger partial charge in [-0.25, -0.2) is 13.6 Å². The number of hydrogen-bond acceptors (Lipinski definition) is 5. The number of carboxylic acids is 1. The summed E-state index contributed by atoms with van der Waals surface area (Å²) in [5.74, 6) is -3.43. The molecule has 0 amide bonds. The summed E-state index contributed by atoms with van der Waals surface area (Å²) in [5.41, 5.74) is -2.07. The molecule has 1 aromatic carbocycles. The summed E-state index contributed by atoms with van der Waals surface area (Å²) < 4.78 is 30.4. The highest BCUT2D eigenvalue weighted by atomic mass is 19.1. The van der Waals surface area contributed by atoms with Crippen molar-refractivity contribution in [1.29, 1.82) is 0 Å². The molecule has 0 aliphatic heterocycles. The van der Waals surface area contributed by atoms with Crippen molar-refractivity contribution in [3.8, 4) is 0 Å². The topological polar surface area (TPSA) is 100 Å². The number of carbonyl (C=O) groups excluding carboxylic acids is 1. The molecule has 1 heterocycles. The van der Waals surface area contributed by atoms with E-state index >= 15 is 0 Å². The van der Waals surface area contributed by atoms with E-state index in [-0.39, 0.29) is 36.6 Å². The number of carboxylic acid groups (broad SMARTS) is 1. The number of aldehydes is 1. The average molecular weight is 367 g/mol. The lowest BCUT2D eigenvalue weighted by Gasteiger charge is -2.15. The van der Waals surface area contributed by atoms with E-state index in [1.54, 1.807) is 13.8 Å². The van der Waals surface area contributed by atoms with E-state index < -0.39 is 34.3 Å². The number of nitrogens with zero attached hydrogens (tertiary/aromatic N) is 1. The van der Waals surface area contributed by atoms with Gasteiger partial charge in [-0.1, -0.05) is 0 Å². The van der Waals surface area contributed by atoms with E-state index in [1.165, 1.54) is 4.57 Å². The molecule has 7 nitrogen and oxygen atoms in total. The third-order valence-electron chi connectivity index (χ3n) is 3.92. The number of rotatable bonds is 8. The van der Waals surface area contributed by atoms with Gasteiger partial charge in [0.25, 0.3) is 0 Å². The van der Waals surface area contributed by atoms with Crippen LogP contribution in [0.5, 0.6) is 0 Å². The Hall–Kier alpha value is -2.81. The average Bonchev–Trinajstić information content (AvgIpc) is 2.61. The zero-order valence-corrected chi connectivity index (χ0v) is 14.3. The second-order valence-corrected chi connectivity index (χ2v) is 5.71. The minimum absolute atomic E-state index is 0.140. The molecule has 0 aliphatic carbocycles. The van der Waals surface area contributed by atoms with Crippen molar-refractivity contribution < 1.29 is 23.5 Å². The lowest BCUT2D eigenvalue weighted by atomic mass is 10.1. The molecule has 0 bridgehead atoms. The van der Waals surface area contributed by atoms with Crippen LogP contribution in [0.4, 0.5) is 14.5 Å². The first-order chi connectivity index (χ1) is 12.3. The number of nitrogens with one attached hydrogen (secondary N) is 2. The van der Waals surface area contributed by atoms with E-state index in [1.807, 2.05) is 0 Å². The number of carbonyl (C=O) groups is 2. The summed E-state index contributed by atoms with van der Waals surface area (Å²) in [7, 11) is 0. The molecule has 1 atom stereocenters. The highest BCUT2D eigenvalue weighted by molar-refractivity contribution is 5.93. The van der Waals surface area contributed by atoms with Crippen molar-refractivity contribution >= 4 is 28.8 Å². The standard InChI is InChI=1S/C17H19F2N3O4/c1-3-22-7-11(17(25)26)16(24)10-6-12(18)14(13(19)15(10)22)21-5-4-20-9(2)8-23/h6-9,20-21H,3-5H2,1-2H3,(H,25,26). The molecule has 0 saturated heterocycles. The Morgan fingerprint density at radius 3 is 2.65 bits per heavy atom. The molecule has 2 aromatic rings. The number of benzene rings is 1. The van der Waals surface area contributed by atoms with Gasteiger partial charge in [0.1, 0.15) is 23.4 Å². The molecular weight excluding hydrogens is 348 g/mol. The Labute approximate surface area is 147 Å². The van der Waals surface area contributed by atoms with E-state index in [9.17, 15) is 23.2 Å². The van der Waals surface area contributed by atoms with Crippen molar-refractivity contribution in [2.75, 3.05) is 18.4 Å². The fourth-order valence-electron chi connectivity index (χ4n) is 2.59. The molecule has 1 aromatic heterocycles. The van der Waals surface area contributed by atoms with Crippen molar-refractivity contribution in [2.24, 2.45) is 0 Å². The van der Waals surface area contributed by atoms with Crippen LogP contribution in [-0.4, -0.2) is 41.1 Å². The maximum absolute atomic E-state index is 14.9. The minimum atomic E-state index is -1.46. The Morgan fingerprint density at radius 1 is 1.38 bits per heavy atom. The molecule has 3 N–H and O–H groups in total. The third kappa shape index (κ3) is 3.72. The van der Waals surface area contributed by atoms with Crippen LogP contribution in [0.2, 0.25) is 0 Å². The van der Waals surface area contributed by atoms with Gasteiger partial charge in [0.15, 0.2) is 5.82 Å². The zero-order chi connectivity index (χ0) is 19.4. The quantitative estimate of drug-likeness (QED) is 0.484. The van der Waals surface area contributed by atoms with Gasteiger partial charge in [0, 0.05) is 25.8 Å². The van der Waals surface area contributed by atoms with Gasteiger partial charge in [-0.3, -0.25) is 4.79 Å². The fourth-order valence-corrected chi connectivity index (χ4v) is 2.59. The molecule has 0 saturated carbocycles. The Morgan fingerprint density at radius 2 is 2.08 bits per heavy atom. The predicted octanol–water partition coefficient (Wildman–Crippen LogP) is 1.59. The molecule has 9 heteroatoms. The first kappa shape index (κ1) is 19.5. The van der Waals surface area contributed by atoms with Crippen LogP contribution in [-0.2, 0) is 11.3 Å². The second kappa shape index (κ2) is 8.05. The smallest absolute Gasteiger partial charge is 0.341 e. The maximum Gasteiger partial charge on any atom is 0.341 e.